The van der Waals surface area contributed by atoms with E-state index in [1.807, 2.05) is 72.8 Å². The van der Waals surface area contributed by atoms with Crippen molar-refractivity contribution in [3.63, 3.8) is 0 Å². The summed E-state index contributed by atoms with van der Waals surface area (Å²) in [6, 6.07) is 29.6. The minimum atomic E-state index is -3.50. The summed E-state index contributed by atoms with van der Waals surface area (Å²) in [6.45, 7) is 0.209. The minimum absolute atomic E-state index is 0.209. The van der Waals surface area contributed by atoms with Gasteiger partial charge in [-0.1, -0.05) is 72.8 Å². The average Bonchev–Trinajstić information content (AvgIpc) is 2.83. The van der Waals surface area contributed by atoms with Crippen LogP contribution in [-0.2, 0) is 16.6 Å². The lowest BCUT2D eigenvalue weighted by atomic mass is 10.1. The molecular formula is C26H23N3O3S. The Morgan fingerprint density at radius 1 is 0.879 bits per heavy atom. The number of benzene rings is 4. The van der Waals surface area contributed by atoms with Crippen LogP contribution in [0.4, 0.5) is 5.69 Å². The molecular weight excluding hydrogens is 434 g/mol. The number of hydrogen-bond acceptors (Lipinski definition) is 4. The molecule has 0 saturated heterocycles. The van der Waals surface area contributed by atoms with Gasteiger partial charge in [-0.2, -0.15) is 5.10 Å². The van der Waals surface area contributed by atoms with Crippen molar-refractivity contribution in [3.05, 3.63) is 114 Å². The lowest BCUT2D eigenvalue weighted by molar-refractivity contribution is 0.0955. The lowest BCUT2D eigenvalue weighted by Gasteiger charge is -2.22. The summed E-state index contributed by atoms with van der Waals surface area (Å²) in [4.78, 5) is 12.5. The molecule has 0 aliphatic carbocycles. The number of sulfonamides is 1. The molecule has 4 aromatic carbocycles. The van der Waals surface area contributed by atoms with E-state index in [0.717, 1.165) is 21.9 Å². The maximum Gasteiger partial charge on any atom is 0.271 e. The van der Waals surface area contributed by atoms with Gasteiger partial charge in [0.25, 0.3) is 5.91 Å². The van der Waals surface area contributed by atoms with Crippen LogP contribution in [0.2, 0.25) is 0 Å². The first-order chi connectivity index (χ1) is 15.9. The van der Waals surface area contributed by atoms with Crippen molar-refractivity contribution in [1.29, 1.82) is 0 Å². The molecule has 166 valence electrons. The molecule has 0 aliphatic rings. The smallest absolute Gasteiger partial charge is 0.267 e. The van der Waals surface area contributed by atoms with E-state index >= 15 is 0 Å². The fourth-order valence-corrected chi connectivity index (χ4v) is 4.40. The van der Waals surface area contributed by atoms with Crippen LogP contribution in [0.5, 0.6) is 0 Å². The molecule has 6 nitrogen and oxygen atoms in total. The number of fused-ring (bicyclic) bond motifs is 1. The fourth-order valence-electron chi connectivity index (χ4n) is 3.52. The molecule has 0 aliphatic heterocycles. The van der Waals surface area contributed by atoms with Gasteiger partial charge in [0.05, 0.1) is 24.7 Å². The van der Waals surface area contributed by atoms with E-state index in [-0.39, 0.29) is 12.5 Å². The first-order valence-electron chi connectivity index (χ1n) is 10.3. The van der Waals surface area contributed by atoms with Gasteiger partial charge in [0.1, 0.15) is 0 Å². The Labute approximate surface area is 193 Å². The maximum atomic E-state index is 12.5. The van der Waals surface area contributed by atoms with Crippen LogP contribution in [-0.4, -0.2) is 26.8 Å². The number of amides is 1. The van der Waals surface area contributed by atoms with Gasteiger partial charge >= 0.3 is 0 Å². The zero-order valence-corrected chi connectivity index (χ0v) is 18.9. The third-order valence-corrected chi connectivity index (χ3v) is 6.32. The molecule has 33 heavy (non-hydrogen) atoms. The number of hydrogen-bond donors (Lipinski definition) is 1. The number of carbonyl (C=O) groups excluding carboxylic acids is 1. The van der Waals surface area contributed by atoms with Crippen LogP contribution in [0.25, 0.3) is 10.8 Å². The average molecular weight is 458 g/mol. The number of nitrogens with one attached hydrogen (secondary N) is 1. The molecule has 1 amide bonds. The molecule has 1 N–H and O–H groups in total. The van der Waals surface area contributed by atoms with Gasteiger partial charge < -0.3 is 0 Å². The molecule has 0 unspecified atom stereocenters. The topological polar surface area (TPSA) is 78.8 Å². The van der Waals surface area contributed by atoms with Crippen molar-refractivity contribution < 1.29 is 13.2 Å². The van der Waals surface area contributed by atoms with Gasteiger partial charge in [0.2, 0.25) is 10.0 Å². The normalized spacial score (nSPS) is 11.5. The number of hydrazone groups is 1. The van der Waals surface area contributed by atoms with E-state index < -0.39 is 10.0 Å². The summed E-state index contributed by atoms with van der Waals surface area (Å²) in [5.74, 6) is -0.382. The van der Waals surface area contributed by atoms with Crippen LogP contribution < -0.4 is 9.73 Å². The van der Waals surface area contributed by atoms with Crippen molar-refractivity contribution in [2.24, 2.45) is 5.10 Å². The molecule has 4 aromatic rings. The van der Waals surface area contributed by atoms with Crippen LogP contribution in [0.3, 0.4) is 0 Å². The lowest BCUT2D eigenvalue weighted by Crippen LogP contribution is -2.29. The maximum absolute atomic E-state index is 12.5. The summed E-state index contributed by atoms with van der Waals surface area (Å²) in [5.41, 5.74) is 5.15. The van der Waals surface area contributed by atoms with Crippen molar-refractivity contribution in [2.45, 2.75) is 6.54 Å². The SMILES string of the molecule is CS(=O)(=O)N(Cc1ccccc1)c1ccc(C(=O)N/N=C\c2cccc3ccccc23)cc1. The van der Waals surface area contributed by atoms with Gasteiger partial charge in [0, 0.05) is 11.1 Å². The van der Waals surface area contributed by atoms with E-state index in [9.17, 15) is 13.2 Å². The Balaban J connectivity index is 1.47. The summed E-state index contributed by atoms with van der Waals surface area (Å²) < 4.78 is 26.0. The second-order valence-electron chi connectivity index (χ2n) is 7.57. The zero-order valence-electron chi connectivity index (χ0n) is 18.0. The molecule has 0 fully saturated rings. The van der Waals surface area contributed by atoms with E-state index in [1.54, 1.807) is 30.5 Å². The molecule has 0 heterocycles. The monoisotopic (exact) mass is 457 g/mol. The van der Waals surface area contributed by atoms with Crippen LogP contribution in [0.1, 0.15) is 21.5 Å². The van der Waals surface area contributed by atoms with Crippen molar-refractivity contribution >= 4 is 38.6 Å². The number of nitrogens with zero attached hydrogens (tertiary/aromatic N) is 2. The Morgan fingerprint density at radius 2 is 1.55 bits per heavy atom. The van der Waals surface area contributed by atoms with Crippen molar-refractivity contribution in [1.82, 2.24) is 5.43 Å². The molecule has 0 saturated carbocycles. The third kappa shape index (κ3) is 5.45. The van der Waals surface area contributed by atoms with E-state index in [1.165, 1.54) is 10.6 Å². The van der Waals surface area contributed by atoms with Crippen molar-refractivity contribution in [3.8, 4) is 0 Å². The second-order valence-corrected chi connectivity index (χ2v) is 9.48. The highest BCUT2D eigenvalue weighted by Crippen LogP contribution is 2.21. The standard InChI is InChI=1S/C26H23N3O3S/c1-33(31,32)29(19-20-8-3-2-4-9-20)24-16-14-22(15-17-24)26(30)28-27-18-23-12-7-11-21-10-5-6-13-25(21)23/h2-18H,19H2,1H3,(H,28,30)/b27-18-. The third-order valence-electron chi connectivity index (χ3n) is 5.18. The van der Waals surface area contributed by atoms with E-state index in [2.05, 4.69) is 10.5 Å². The van der Waals surface area contributed by atoms with E-state index in [4.69, 9.17) is 0 Å². The molecule has 0 atom stereocenters. The predicted molar refractivity (Wildman–Crippen MR) is 133 cm³/mol. The van der Waals surface area contributed by atoms with Gasteiger partial charge in [-0.05, 0) is 40.6 Å². The largest absolute Gasteiger partial charge is 0.271 e. The predicted octanol–water partition coefficient (Wildman–Crippen LogP) is 4.57. The Morgan fingerprint density at radius 3 is 2.27 bits per heavy atom. The number of anilines is 1. The summed E-state index contributed by atoms with van der Waals surface area (Å²) >= 11 is 0. The highest BCUT2D eigenvalue weighted by atomic mass is 32.2. The molecule has 4 rings (SSSR count). The molecule has 0 bridgehead atoms. The van der Waals surface area contributed by atoms with E-state index in [0.29, 0.717) is 11.3 Å². The minimum Gasteiger partial charge on any atom is -0.267 e. The Bertz CT molecular complexity index is 1390. The first kappa shape index (κ1) is 22.2. The van der Waals surface area contributed by atoms with Crippen LogP contribution >= 0.6 is 0 Å². The highest BCUT2D eigenvalue weighted by molar-refractivity contribution is 7.92. The second kappa shape index (κ2) is 9.67. The number of carbonyl (C=O) groups is 1. The highest BCUT2D eigenvalue weighted by Gasteiger charge is 2.18. The molecule has 0 spiro atoms. The molecule has 0 aromatic heterocycles. The summed E-state index contributed by atoms with van der Waals surface area (Å²) in [7, 11) is -3.50. The molecule has 7 heteroatoms. The number of rotatable bonds is 7. The van der Waals surface area contributed by atoms with Gasteiger partial charge in [-0.15, -0.1) is 0 Å². The first-order valence-corrected chi connectivity index (χ1v) is 12.2. The van der Waals surface area contributed by atoms with Gasteiger partial charge in [0.15, 0.2) is 0 Å². The fraction of sp³-hybridized carbons (Fsp3) is 0.0769. The Hall–Kier alpha value is -3.97. The van der Waals surface area contributed by atoms with Gasteiger partial charge in [-0.25, -0.2) is 13.8 Å². The van der Waals surface area contributed by atoms with Crippen molar-refractivity contribution in [2.75, 3.05) is 10.6 Å². The zero-order chi connectivity index (χ0) is 23.3. The van der Waals surface area contributed by atoms with Crippen LogP contribution in [0, 0.1) is 0 Å². The quantitative estimate of drug-likeness (QED) is 0.326. The Kier molecular flexibility index (Phi) is 6.51. The van der Waals surface area contributed by atoms with Crippen LogP contribution in [0.15, 0.2) is 102 Å². The summed E-state index contributed by atoms with van der Waals surface area (Å²) in [5, 5.41) is 6.22. The van der Waals surface area contributed by atoms with Gasteiger partial charge in [-0.3, -0.25) is 9.10 Å². The summed E-state index contributed by atoms with van der Waals surface area (Å²) in [6.07, 6.45) is 2.78. The molecule has 0 radical (unpaired) electrons.